The fourth-order valence-corrected chi connectivity index (χ4v) is 3.28. The van der Waals surface area contributed by atoms with Gasteiger partial charge in [0.05, 0.1) is 20.5 Å². The number of nitro benzene ring substituents is 1. The average molecular weight is 329 g/mol. The number of benzene rings is 2. The van der Waals surface area contributed by atoms with Crippen LogP contribution in [0, 0.1) is 10.1 Å². The standard InChI is InChI=1S/C13H10Cl2N2O2S/c14-10-2-1-3-12(17(18)19)9(10)7-20-13-5-4-8(16)6-11(13)15/h1-6H,7,16H2. The van der Waals surface area contributed by atoms with Crippen molar-refractivity contribution in [2.75, 3.05) is 5.73 Å². The van der Waals surface area contributed by atoms with Gasteiger partial charge in [-0.3, -0.25) is 10.1 Å². The number of anilines is 1. The van der Waals surface area contributed by atoms with E-state index in [1.54, 1.807) is 30.3 Å². The fourth-order valence-electron chi connectivity index (χ4n) is 1.65. The summed E-state index contributed by atoms with van der Waals surface area (Å²) in [4.78, 5) is 11.4. The predicted molar refractivity (Wildman–Crippen MR) is 83.5 cm³/mol. The van der Waals surface area contributed by atoms with Gasteiger partial charge < -0.3 is 5.73 Å². The molecule has 2 rings (SSSR count). The summed E-state index contributed by atoms with van der Waals surface area (Å²) in [5.41, 5.74) is 6.68. The summed E-state index contributed by atoms with van der Waals surface area (Å²) >= 11 is 13.5. The van der Waals surface area contributed by atoms with Gasteiger partial charge in [0.15, 0.2) is 0 Å². The number of halogens is 2. The second-order valence-corrected chi connectivity index (χ2v) is 5.80. The van der Waals surface area contributed by atoms with E-state index in [2.05, 4.69) is 0 Å². The monoisotopic (exact) mass is 328 g/mol. The molecule has 4 nitrogen and oxygen atoms in total. The predicted octanol–water partition coefficient (Wildman–Crippen LogP) is 4.78. The van der Waals surface area contributed by atoms with Crippen molar-refractivity contribution >= 4 is 46.3 Å². The molecule has 0 fully saturated rings. The van der Waals surface area contributed by atoms with Crippen molar-refractivity contribution in [2.45, 2.75) is 10.6 Å². The molecule has 0 aliphatic carbocycles. The topological polar surface area (TPSA) is 69.2 Å². The van der Waals surface area contributed by atoms with Crippen LogP contribution in [-0.2, 0) is 5.75 Å². The van der Waals surface area contributed by atoms with Crippen molar-refractivity contribution in [3.8, 4) is 0 Å². The maximum Gasteiger partial charge on any atom is 0.274 e. The third kappa shape index (κ3) is 3.36. The van der Waals surface area contributed by atoms with Gasteiger partial charge in [0, 0.05) is 22.4 Å². The smallest absolute Gasteiger partial charge is 0.274 e. The Hall–Kier alpha value is -1.43. The van der Waals surface area contributed by atoms with Gasteiger partial charge in [0.25, 0.3) is 5.69 Å². The van der Waals surface area contributed by atoms with Crippen LogP contribution in [0.5, 0.6) is 0 Å². The maximum atomic E-state index is 11.0. The molecule has 0 heterocycles. The van der Waals surface area contributed by atoms with E-state index >= 15 is 0 Å². The minimum Gasteiger partial charge on any atom is -0.399 e. The van der Waals surface area contributed by atoms with Gasteiger partial charge in [-0.25, -0.2) is 0 Å². The first kappa shape index (κ1) is 15.0. The summed E-state index contributed by atoms with van der Waals surface area (Å²) in [6.07, 6.45) is 0. The fraction of sp³-hybridized carbons (Fsp3) is 0.0769. The van der Waals surface area contributed by atoms with Crippen LogP contribution in [0.15, 0.2) is 41.3 Å². The normalized spacial score (nSPS) is 10.5. The lowest BCUT2D eigenvalue weighted by atomic mass is 10.2. The molecule has 7 heteroatoms. The van der Waals surface area contributed by atoms with Crippen LogP contribution in [-0.4, -0.2) is 4.92 Å². The second-order valence-electron chi connectivity index (χ2n) is 3.97. The quantitative estimate of drug-likeness (QED) is 0.379. The molecule has 104 valence electrons. The Labute approximate surface area is 130 Å². The zero-order valence-electron chi connectivity index (χ0n) is 10.2. The van der Waals surface area contributed by atoms with E-state index in [1.165, 1.54) is 17.8 Å². The van der Waals surface area contributed by atoms with E-state index < -0.39 is 4.92 Å². The van der Waals surface area contributed by atoms with Crippen LogP contribution in [0.25, 0.3) is 0 Å². The third-order valence-electron chi connectivity index (χ3n) is 2.62. The third-order valence-corrected chi connectivity index (χ3v) is 4.50. The molecule has 0 bridgehead atoms. The van der Waals surface area contributed by atoms with Gasteiger partial charge in [0.2, 0.25) is 0 Å². The summed E-state index contributed by atoms with van der Waals surface area (Å²) in [5.74, 6) is 0.361. The van der Waals surface area contributed by atoms with Crippen molar-refractivity contribution in [1.82, 2.24) is 0 Å². The van der Waals surface area contributed by atoms with Crippen LogP contribution in [0.4, 0.5) is 11.4 Å². The Morgan fingerprint density at radius 2 is 1.95 bits per heavy atom. The minimum absolute atomic E-state index is 0.0107. The zero-order valence-corrected chi connectivity index (χ0v) is 12.5. The zero-order chi connectivity index (χ0) is 14.7. The van der Waals surface area contributed by atoms with Gasteiger partial charge in [-0.2, -0.15) is 0 Å². The molecule has 0 unspecified atom stereocenters. The van der Waals surface area contributed by atoms with Crippen LogP contribution < -0.4 is 5.73 Å². The number of nitrogen functional groups attached to an aromatic ring is 1. The van der Waals surface area contributed by atoms with Crippen molar-refractivity contribution in [1.29, 1.82) is 0 Å². The van der Waals surface area contributed by atoms with Gasteiger partial charge >= 0.3 is 0 Å². The molecule has 0 aliphatic rings. The summed E-state index contributed by atoms with van der Waals surface area (Å²) in [5, 5.41) is 11.9. The molecule has 20 heavy (non-hydrogen) atoms. The Morgan fingerprint density at radius 1 is 1.20 bits per heavy atom. The lowest BCUT2D eigenvalue weighted by Gasteiger charge is -2.07. The maximum absolute atomic E-state index is 11.0. The first-order chi connectivity index (χ1) is 9.49. The molecule has 0 radical (unpaired) electrons. The minimum atomic E-state index is -0.438. The summed E-state index contributed by atoms with van der Waals surface area (Å²) in [6.45, 7) is 0. The summed E-state index contributed by atoms with van der Waals surface area (Å²) < 4.78 is 0. The van der Waals surface area contributed by atoms with E-state index in [0.29, 0.717) is 27.0 Å². The van der Waals surface area contributed by atoms with E-state index in [1.807, 2.05) is 0 Å². The summed E-state index contributed by atoms with van der Waals surface area (Å²) in [7, 11) is 0. The lowest BCUT2D eigenvalue weighted by molar-refractivity contribution is -0.385. The number of nitrogens with two attached hydrogens (primary N) is 1. The highest BCUT2D eigenvalue weighted by atomic mass is 35.5. The van der Waals surface area contributed by atoms with Crippen molar-refractivity contribution in [3.63, 3.8) is 0 Å². The summed E-state index contributed by atoms with van der Waals surface area (Å²) in [6, 6.07) is 9.79. The molecular formula is C13H10Cl2N2O2S. The molecule has 0 amide bonds. The number of rotatable bonds is 4. The molecular weight excluding hydrogens is 319 g/mol. The second kappa shape index (κ2) is 6.35. The van der Waals surface area contributed by atoms with Crippen LogP contribution >= 0.6 is 35.0 Å². The lowest BCUT2D eigenvalue weighted by Crippen LogP contribution is -1.95. The van der Waals surface area contributed by atoms with Gasteiger partial charge in [-0.15, -0.1) is 11.8 Å². The largest absolute Gasteiger partial charge is 0.399 e. The first-order valence-electron chi connectivity index (χ1n) is 5.58. The molecule has 0 saturated carbocycles. The molecule has 0 aliphatic heterocycles. The molecule has 2 N–H and O–H groups in total. The van der Waals surface area contributed by atoms with Gasteiger partial charge in [-0.05, 0) is 24.3 Å². The highest BCUT2D eigenvalue weighted by Crippen LogP contribution is 2.36. The van der Waals surface area contributed by atoms with E-state index in [4.69, 9.17) is 28.9 Å². The highest BCUT2D eigenvalue weighted by molar-refractivity contribution is 7.98. The van der Waals surface area contributed by atoms with E-state index in [0.717, 1.165) is 4.90 Å². The first-order valence-corrected chi connectivity index (χ1v) is 7.33. The van der Waals surface area contributed by atoms with Crippen LogP contribution in [0.3, 0.4) is 0 Å². The molecule has 2 aromatic rings. The van der Waals surface area contributed by atoms with Crippen molar-refractivity contribution in [2.24, 2.45) is 0 Å². The van der Waals surface area contributed by atoms with Crippen LogP contribution in [0.2, 0.25) is 10.0 Å². The Morgan fingerprint density at radius 3 is 2.60 bits per heavy atom. The van der Waals surface area contributed by atoms with Crippen molar-refractivity contribution in [3.05, 3.63) is 62.1 Å². The number of thioether (sulfide) groups is 1. The van der Waals surface area contributed by atoms with Crippen LogP contribution in [0.1, 0.15) is 5.56 Å². The highest BCUT2D eigenvalue weighted by Gasteiger charge is 2.17. The van der Waals surface area contributed by atoms with Gasteiger partial charge in [0.1, 0.15) is 0 Å². The van der Waals surface area contributed by atoms with Crippen molar-refractivity contribution < 1.29 is 4.92 Å². The Balaban J connectivity index is 2.25. The van der Waals surface area contributed by atoms with E-state index in [-0.39, 0.29) is 5.69 Å². The molecule has 0 aromatic heterocycles. The number of nitrogens with zero attached hydrogens (tertiary/aromatic N) is 1. The molecule has 2 aromatic carbocycles. The van der Waals surface area contributed by atoms with Gasteiger partial charge in [-0.1, -0.05) is 29.3 Å². The number of hydrogen-bond donors (Lipinski definition) is 1. The Kier molecular flexibility index (Phi) is 4.75. The Bertz CT molecular complexity index is 665. The molecule has 0 spiro atoms. The van der Waals surface area contributed by atoms with E-state index in [9.17, 15) is 10.1 Å². The molecule has 0 atom stereocenters. The number of hydrogen-bond acceptors (Lipinski definition) is 4. The average Bonchev–Trinajstić information content (AvgIpc) is 2.38. The molecule has 0 saturated heterocycles. The number of nitro groups is 1. The SMILES string of the molecule is Nc1ccc(SCc2c(Cl)cccc2[N+](=O)[O-])c(Cl)c1.